The highest BCUT2D eigenvalue weighted by atomic mass is 16.5. The maximum Gasteiger partial charge on any atom is 0.295 e. The Kier molecular flexibility index (Phi) is 7.47. The number of phenolic OH excluding ortho intramolecular Hbond substituents is 1. The van der Waals surface area contributed by atoms with E-state index < -0.39 is 17.7 Å². The molecule has 2 heterocycles. The maximum absolute atomic E-state index is 13.4. The Balaban J connectivity index is 1.83. The Labute approximate surface area is 215 Å². The molecule has 1 aliphatic heterocycles. The number of Topliss-reactive ketones (excluding diaryl/α,β-unsaturated/α-hetero) is 1. The summed E-state index contributed by atoms with van der Waals surface area (Å²) in [6.45, 7) is 6.56. The van der Waals surface area contributed by atoms with Gasteiger partial charge >= 0.3 is 0 Å². The van der Waals surface area contributed by atoms with Crippen LogP contribution >= 0.6 is 0 Å². The standard InChI is InChI=1S/C29H30N2O6/c1-17(2)16-37-21-8-9-22(18(3)12-21)27(33)25-26(20-7-10-23(32)24(13-20)36-4)31(29(35)28(25)34)15-19-6-5-11-30-14-19/h5-14,17,26,32-33H,15-16H2,1-4H3/t26-/m0/s1. The van der Waals surface area contributed by atoms with E-state index in [2.05, 4.69) is 18.8 Å². The lowest BCUT2D eigenvalue weighted by atomic mass is 9.93. The van der Waals surface area contributed by atoms with Crippen LogP contribution in [0.4, 0.5) is 0 Å². The number of benzene rings is 2. The van der Waals surface area contributed by atoms with Gasteiger partial charge in [-0.25, -0.2) is 0 Å². The molecule has 2 N–H and O–H groups in total. The van der Waals surface area contributed by atoms with Crippen LogP contribution in [-0.2, 0) is 16.1 Å². The molecule has 1 amide bonds. The number of ketones is 1. The first-order valence-electron chi connectivity index (χ1n) is 12.0. The quantitative estimate of drug-likeness (QED) is 0.260. The second kappa shape index (κ2) is 10.7. The summed E-state index contributed by atoms with van der Waals surface area (Å²) in [6, 6.07) is 12.5. The number of hydrogen-bond donors (Lipinski definition) is 2. The molecule has 192 valence electrons. The second-order valence-electron chi connectivity index (χ2n) is 9.40. The van der Waals surface area contributed by atoms with Gasteiger partial charge in [0.2, 0.25) is 0 Å². The normalized spacial score (nSPS) is 16.9. The third-order valence-corrected chi connectivity index (χ3v) is 6.17. The first kappa shape index (κ1) is 25.8. The molecule has 1 saturated heterocycles. The lowest BCUT2D eigenvalue weighted by Crippen LogP contribution is -2.29. The molecule has 8 heteroatoms. The van der Waals surface area contributed by atoms with Crippen molar-refractivity contribution in [3.05, 3.63) is 88.8 Å². The molecule has 1 aliphatic rings. The first-order valence-corrected chi connectivity index (χ1v) is 12.0. The number of pyridine rings is 1. The van der Waals surface area contributed by atoms with Crippen LogP contribution in [0.5, 0.6) is 17.2 Å². The fraction of sp³-hybridized carbons (Fsp3) is 0.276. The number of nitrogens with zero attached hydrogens (tertiary/aromatic N) is 2. The van der Waals surface area contributed by atoms with Crippen molar-refractivity contribution in [2.45, 2.75) is 33.4 Å². The number of aliphatic hydroxyl groups is 1. The Morgan fingerprint density at radius 2 is 1.92 bits per heavy atom. The van der Waals surface area contributed by atoms with E-state index in [-0.39, 0.29) is 29.4 Å². The van der Waals surface area contributed by atoms with E-state index in [0.29, 0.717) is 35.0 Å². The molecule has 37 heavy (non-hydrogen) atoms. The van der Waals surface area contributed by atoms with Crippen molar-refractivity contribution in [3.8, 4) is 17.2 Å². The van der Waals surface area contributed by atoms with Crippen LogP contribution in [-0.4, -0.2) is 45.5 Å². The zero-order valence-electron chi connectivity index (χ0n) is 21.3. The number of methoxy groups -OCH3 is 1. The molecule has 0 radical (unpaired) electrons. The number of carbonyl (C=O) groups excluding carboxylic acids is 2. The molecule has 3 aromatic rings. The lowest BCUT2D eigenvalue weighted by molar-refractivity contribution is -0.140. The Morgan fingerprint density at radius 3 is 2.57 bits per heavy atom. The van der Waals surface area contributed by atoms with Gasteiger partial charge in [0.15, 0.2) is 11.5 Å². The number of likely N-dealkylation sites (tertiary alicyclic amines) is 1. The second-order valence-corrected chi connectivity index (χ2v) is 9.40. The SMILES string of the molecule is COc1cc([C@H]2C(=C(O)c3ccc(OCC(C)C)cc3C)C(=O)C(=O)N2Cc2cccnc2)ccc1O. The number of carbonyl (C=O) groups is 2. The number of aromatic hydroxyl groups is 1. The molecule has 8 nitrogen and oxygen atoms in total. The van der Waals surface area contributed by atoms with Gasteiger partial charge in [0.25, 0.3) is 11.7 Å². The highest BCUT2D eigenvalue weighted by molar-refractivity contribution is 6.46. The Bertz CT molecular complexity index is 1350. The predicted octanol–water partition coefficient (Wildman–Crippen LogP) is 4.76. The van der Waals surface area contributed by atoms with E-state index in [1.165, 1.54) is 18.1 Å². The van der Waals surface area contributed by atoms with Gasteiger partial charge in [-0.3, -0.25) is 14.6 Å². The van der Waals surface area contributed by atoms with Crippen LogP contribution in [0.25, 0.3) is 5.76 Å². The third-order valence-electron chi connectivity index (χ3n) is 6.17. The molecule has 0 bridgehead atoms. The van der Waals surface area contributed by atoms with E-state index in [1.54, 1.807) is 54.9 Å². The van der Waals surface area contributed by atoms with Crippen LogP contribution < -0.4 is 9.47 Å². The van der Waals surface area contributed by atoms with Crippen molar-refractivity contribution in [3.63, 3.8) is 0 Å². The summed E-state index contributed by atoms with van der Waals surface area (Å²) < 4.78 is 11.1. The van der Waals surface area contributed by atoms with Crippen LogP contribution in [0.15, 0.2) is 66.5 Å². The number of aromatic nitrogens is 1. The summed E-state index contributed by atoms with van der Waals surface area (Å²) in [5, 5.41) is 21.6. The van der Waals surface area contributed by atoms with Crippen molar-refractivity contribution < 1.29 is 29.3 Å². The highest BCUT2D eigenvalue weighted by Gasteiger charge is 2.46. The lowest BCUT2D eigenvalue weighted by Gasteiger charge is -2.26. The summed E-state index contributed by atoms with van der Waals surface area (Å²) in [7, 11) is 1.41. The fourth-order valence-corrected chi connectivity index (χ4v) is 4.34. The van der Waals surface area contributed by atoms with Gasteiger partial charge in [0, 0.05) is 24.5 Å². The van der Waals surface area contributed by atoms with Gasteiger partial charge in [-0.2, -0.15) is 0 Å². The van der Waals surface area contributed by atoms with E-state index in [0.717, 1.165) is 5.56 Å². The maximum atomic E-state index is 13.4. The predicted molar refractivity (Wildman–Crippen MR) is 138 cm³/mol. The largest absolute Gasteiger partial charge is 0.507 e. The average Bonchev–Trinajstić information content (AvgIpc) is 3.13. The van der Waals surface area contributed by atoms with Crippen molar-refractivity contribution >= 4 is 17.4 Å². The number of hydrogen-bond acceptors (Lipinski definition) is 7. The highest BCUT2D eigenvalue weighted by Crippen LogP contribution is 2.43. The molecule has 4 rings (SSSR count). The van der Waals surface area contributed by atoms with Gasteiger partial charge in [0.1, 0.15) is 11.5 Å². The summed E-state index contributed by atoms with van der Waals surface area (Å²) in [4.78, 5) is 32.1. The first-order chi connectivity index (χ1) is 17.7. The van der Waals surface area contributed by atoms with Gasteiger partial charge < -0.3 is 24.6 Å². The molecular weight excluding hydrogens is 472 g/mol. The van der Waals surface area contributed by atoms with Crippen LogP contribution in [0, 0.1) is 12.8 Å². The van der Waals surface area contributed by atoms with Crippen LogP contribution in [0.3, 0.4) is 0 Å². The number of aryl methyl sites for hydroxylation is 1. The number of rotatable bonds is 8. The van der Waals surface area contributed by atoms with Crippen molar-refractivity contribution in [2.75, 3.05) is 13.7 Å². The minimum atomic E-state index is -0.911. The number of ether oxygens (including phenoxy) is 2. The van der Waals surface area contributed by atoms with E-state index in [9.17, 15) is 19.8 Å². The zero-order chi connectivity index (χ0) is 26.7. The molecule has 1 aromatic heterocycles. The van der Waals surface area contributed by atoms with Crippen LogP contribution in [0.2, 0.25) is 0 Å². The topological polar surface area (TPSA) is 109 Å². The minimum Gasteiger partial charge on any atom is -0.507 e. The Morgan fingerprint density at radius 1 is 1.14 bits per heavy atom. The number of phenols is 1. The van der Waals surface area contributed by atoms with Crippen molar-refractivity contribution in [2.24, 2.45) is 5.92 Å². The van der Waals surface area contributed by atoms with Gasteiger partial charge in [-0.1, -0.05) is 26.0 Å². The summed E-state index contributed by atoms with van der Waals surface area (Å²) in [5.74, 6) is -0.700. The molecule has 1 fully saturated rings. The van der Waals surface area contributed by atoms with Gasteiger partial charge in [-0.15, -0.1) is 0 Å². The molecule has 0 unspecified atom stereocenters. The molecular formula is C29H30N2O6. The number of amides is 1. The minimum absolute atomic E-state index is 0.0411. The van der Waals surface area contributed by atoms with E-state index >= 15 is 0 Å². The summed E-state index contributed by atoms with van der Waals surface area (Å²) in [5.41, 5.74) is 2.31. The molecule has 0 aliphatic carbocycles. The monoisotopic (exact) mass is 502 g/mol. The van der Waals surface area contributed by atoms with E-state index in [4.69, 9.17) is 9.47 Å². The van der Waals surface area contributed by atoms with Gasteiger partial charge in [0.05, 0.1) is 25.3 Å². The van der Waals surface area contributed by atoms with Crippen molar-refractivity contribution in [1.29, 1.82) is 0 Å². The molecule has 2 aromatic carbocycles. The summed E-state index contributed by atoms with van der Waals surface area (Å²) in [6.07, 6.45) is 3.24. The van der Waals surface area contributed by atoms with E-state index in [1.807, 2.05) is 6.92 Å². The fourth-order valence-electron chi connectivity index (χ4n) is 4.34. The molecule has 1 atom stereocenters. The average molecular weight is 503 g/mol. The smallest absolute Gasteiger partial charge is 0.295 e. The van der Waals surface area contributed by atoms with Crippen LogP contribution in [0.1, 0.15) is 42.1 Å². The summed E-state index contributed by atoms with van der Waals surface area (Å²) >= 11 is 0. The molecule has 0 spiro atoms. The zero-order valence-corrected chi connectivity index (χ0v) is 21.3. The molecule has 0 saturated carbocycles. The third kappa shape index (κ3) is 5.28. The van der Waals surface area contributed by atoms with Gasteiger partial charge in [-0.05, 0) is 65.9 Å². The Hall–Kier alpha value is -4.33. The van der Waals surface area contributed by atoms with Crippen molar-refractivity contribution in [1.82, 2.24) is 9.88 Å². The number of aliphatic hydroxyl groups excluding tert-OH is 1.